The van der Waals surface area contributed by atoms with Crippen LogP contribution in [0.4, 0.5) is 11.4 Å². The number of anilines is 2. The average Bonchev–Trinajstić information content (AvgIpc) is 3.60. The van der Waals surface area contributed by atoms with Gasteiger partial charge in [-0.3, -0.25) is 9.98 Å². The molecule has 4 nitrogen and oxygen atoms in total. The Morgan fingerprint density at radius 1 is 0.643 bits per heavy atom. The number of benzene rings is 4. The van der Waals surface area contributed by atoms with E-state index in [1.807, 2.05) is 24.0 Å². The predicted molar refractivity (Wildman–Crippen MR) is 184 cm³/mol. The first-order valence-corrected chi connectivity index (χ1v) is 16.2. The van der Waals surface area contributed by atoms with E-state index < -0.39 is 0 Å². The van der Waals surface area contributed by atoms with Crippen LogP contribution in [0.5, 0.6) is 0 Å². The first kappa shape index (κ1) is 25.7. The van der Waals surface area contributed by atoms with Crippen molar-refractivity contribution in [3.8, 4) is 21.6 Å². The van der Waals surface area contributed by atoms with Gasteiger partial charge < -0.3 is 10.6 Å². The Bertz CT molecular complexity index is 2050. The number of hydrogen-bond acceptors (Lipinski definition) is 6. The molecule has 0 amide bonds. The summed E-state index contributed by atoms with van der Waals surface area (Å²) in [6.07, 6.45) is 3.66. The number of nitrogens with zero attached hydrogens (tertiary/aromatic N) is 2. The lowest BCUT2D eigenvalue weighted by Crippen LogP contribution is -2.11. The third kappa shape index (κ3) is 4.31. The molecule has 2 aromatic heterocycles. The van der Waals surface area contributed by atoms with E-state index in [-0.39, 0.29) is 12.1 Å². The highest BCUT2D eigenvalue weighted by Crippen LogP contribution is 2.46. The van der Waals surface area contributed by atoms with Crippen molar-refractivity contribution < 1.29 is 0 Å². The summed E-state index contributed by atoms with van der Waals surface area (Å²) in [5, 5.41) is 7.93. The number of nitrogens with one attached hydrogen (secondary N) is 2. The number of hydrogen-bond donors (Lipinski definition) is 2. The van der Waals surface area contributed by atoms with Crippen LogP contribution in [0.15, 0.2) is 112 Å². The zero-order valence-electron chi connectivity index (χ0n) is 22.6. The molecular formula is C35H25BrN4S2. The van der Waals surface area contributed by atoms with E-state index in [1.54, 1.807) is 11.3 Å². The monoisotopic (exact) mass is 644 g/mol. The topological polar surface area (TPSA) is 48.8 Å². The van der Waals surface area contributed by atoms with Gasteiger partial charge in [-0.1, -0.05) is 66.7 Å². The molecule has 2 aliphatic rings. The molecule has 0 radical (unpaired) electrons. The van der Waals surface area contributed by atoms with Gasteiger partial charge in [0.1, 0.15) is 12.1 Å². The summed E-state index contributed by atoms with van der Waals surface area (Å²) in [5.74, 6) is 0. The summed E-state index contributed by atoms with van der Waals surface area (Å²) < 4.78 is 2.41. The van der Waals surface area contributed by atoms with E-state index in [0.717, 1.165) is 15.8 Å². The van der Waals surface area contributed by atoms with Crippen molar-refractivity contribution in [1.82, 2.24) is 0 Å². The smallest absolute Gasteiger partial charge is 0.114 e. The van der Waals surface area contributed by atoms with Crippen LogP contribution in [-0.2, 0) is 0 Å². The van der Waals surface area contributed by atoms with Crippen molar-refractivity contribution in [3.05, 3.63) is 128 Å². The standard InChI is InChI=1S/C35H25BrN4S2/c1-20-15-30(42-34(20)32-24-9-2-4-11-27(24)37-18-39-32)23-8-6-7-21(16-23)22-13-14-25-28(17-22)38-19-40-33(25)35-31(36)26-10-3-5-12-29(26)41-35/h2-19,32-33H,1H3,(H,37,39)(H,38,40). The fraction of sp³-hybridized carbons (Fsp3) is 0.0857. The van der Waals surface area contributed by atoms with Gasteiger partial charge in [0.05, 0.1) is 12.7 Å². The summed E-state index contributed by atoms with van der Waals surface area (Å²) in [6, 6.07) is 34.8. The lowest BCUT2D eigenvalue weighted by Gasteiger charge is -2.22. The maximum Gasteiger partial charge on any atom is 0.114 e. The summed E-state index contributed by atoms with van der Waals surface area (Å²) in [4.78, 5) is 13.4. The van der Waals surface area contributed by atoms with Crippen molar-refractivity contribution in [2.45, 2.75) is 19.0 Å². The first-order chi connectivity index (χ1) is 20.6. The molecule has 4 heterocycles. The number of aliphatic imine (C=N–C) groups is 2. The molecule has 2 unspecified atom stereocenters. The molecule has 4 aromatic carbocycles. The Hall–Kier alpha value is -4.04. The van der Waals surface area contributed by atoms with E-state index in [2.05, 4.69) is 131 Å². The zero-order chi connectivity index (χ0) is 28.2. The molecule has 6 aromatic rings. The third-order valence-corrected chi connectivity index (χ3v) is 11.7. The second kappa shape index (κ2) is 10.3. The van der Waals surface area contributed by atoms with Crippen LogP contribution in [0.3, 0.4) is 0 Å². The molecule has 2 aliphatic heterocycles. The third-order valence-electron chi connectivity index (χ3n) is 7.98. The van der Waals surface area contributed by atoms with E-state index in [0.29, 0.717) is 0 Å². The molecule has 2 atom stereocenters. The molecule has 2 N–H and O–H groups in total. The minimum absolute atomic E-state index is 0.0201. The predicted octanol–water partition coefficient (Wildman–Crippen LogP) is 10.5. The highest BCUT2D eigenvalue weighted by Gasteiger charge is 2.26. The van der Waals surface area contributed by atoms with Crippen LogP contribution >= 0.6 is 38.6 Å². The summed E-state index contributed by atoms with van der Waals surface area (Å²) in [6.45, 7) is 2.20. The Balaban J connectivity index is 1.12. The van der Waals surface area contributed by atoms with Gasteiger partial charge in [0.2, 0.25) is 0 Å². The highest BCUT2D eigenvalue weighted by atomic mass is 79.9. The molecule has 7 heteroatoms. The van der Waals surface area contributed by atoms with Crippen LogP contribution in [-0.4, -0.2) is 12.7 Å². The van der Waals surface area contributed by atoms with Crippen LogP contribution in [0.1, 0.15) is 38.5 Å². The zero-order valence-corrected chi connectivity index (χ0v) is 25.9. The van der Waals surface area contributed by atoms with Crippen LogP contribution in [0.25, 0.3) is 31.7 Å². The fourth-order valence-corrected chi connectivity index (χ4v) is 9.21. The van der Waals surface area contributed by atoms with Gasteiger partial charge in [0, 0.05) is 51.7 Å². The number of rotatable bonds is 4. The second-order valence-electron chi connectivity index (χ2n) is 10.6. The van der Waals surface area contributed by atoms with Crippen molar-refractivity contribution in [1.29, 1.82) is 0 Å². The van der Waals surface area contributed by atoms with E-state index >= 15 is 0 Å². The number of para-hydroxylation sites is 1. The number of fused-ring (bicyclic) bond motifs is 3. The van der Waals surface area contributed by atoms with E-state index in [4.69, 9.17) is 9.98 Å². The molecule has 0 spiro atoms. The molecule has 42 heavy (non-hydrogen) atoms. The van der Waals surface area contributed by atoms with Crippen molar-refractivity contribution >= 4 is 72.7 Å². The molecule has 0 saturated heterocycles. The van der Waals surface area contributed by atoms with Gasteiger partial charge in [-0.2, -0.15) is 0 Å². The Kier molecular flexibility index (Phi) is 6.32. The van der Waals surface area contributed by atoms with Gasteiger partial charge in [0.25, 0.3) is 0 Å². The van der Waals surface area contributed by atoms with Crippen molar-refractivity contribution in [3.63, 3.8) is 0 Å². The quantitative estimate of drug-likeness (QED) is 0.200. The van der Waals surface area contributed by atoms with Gasteiger partial charge in [0.15, 0.2) is 0 Å². The average molecular weight is 646 g/mol. The minimum atomic E-state index is -0.0382. The molecule has 0 aliphatic carbocycles. The number of thiophene rings is 2. The van der Waals surface area contributed by atoms with Gasteiger partial charge in [-0.05, 0) is 75.4 Å². The Morgan fingerprint density at radius 2 is 1.36 bits per heavy atom. The van der Waals surface area contributed by atoms with Gasteiger partial charge in [-0.15, -0.1) is 22.7 Å². The molecule has 8 rings (SSSR count). The largest absolute Gasteiger partial charge is 0.346 e. The van der Waals surface area contributed by atoms with E-state index in [9.17, 15) is 0 Å². The van der Waals surface area contributed by atoms with Crippen molar-refractivity contribution in [2.24, 2.45) is 9.98 Å². The lowest BCUT2D eigenvalue weighted by molar-refractivity contribution is 0.883. The maximum absolute atomic E-state index is 4.85. The SMILES string of the molecule is Cc1cc(-c2cccc(-c3ccc4c(c3)NC=NC4c3sc4ccccc4c3Br)c2)sc1C1N=CNc2ccccc21. The van der Waals surface area contributed by atoms with E-state index in [1.165, 1.54) is 58.1 Å². The fourth-order valence-electron chi connectivity index (χ4n) is 5.88. The van der Waals surface area contributed by atoms with Gasteiger partial charge in [-0.25, -0.2) is 0 Å². The second-order valence-corrected chi connectivity index (χ2v) is 13.5. The Labute approximate surface area is 260 Å². The molecule has 204 valence electrons. The molecule has 0 bridgehead atoms. The minimum Gasteiger partial charge on any atom is -0.346 e. The van der Waals surface area contributed by atoms with Crippen LogP contribution < -0.4 is 10.6 Å². The van der Waals surface area contributed by atoms with Crippen LogP contribution in [0.2, 0.25) is 0 Å². The number of aryl methyl sites for hydroxylation is 1. The Morgan fingerprint density at radius 3 is 2.24 bits per heavy atom. The van der Waals surface area contributed by atoms with Crippen molar-refractivity contribution in [2.75, 3.05) is 10.6 Å². The molecule has 0 saturated carbocycles. The summed E-state index contributed by atoms with van der Waals surface area (Å²) in [7, 11) is 0. The normalized spacial score (nSPS) is 17.0. The molecular weight excluding hydrogens is 620 g/mol. The maximum atomic E-state index is 4.85. The lowest BCUT2D eigenvalue weighted by atomic mass is 9.96. The van der Waals surface area contributed by atoms with Crippen LogP contribution in [0, 0.1) is 6.92 Å². The highest BCUT2D eigenvalue weighted by molar-refractivity contribution is 9.10. The summed E-state index contributed by atoms with van der Waals surface area (Å²) in [5.41, 5.74) is 9.49. The number of halogens is 1. The molecule has 0 fully saturated rings. The first-order valence-electron chi connectivity index (χ1n) is 13.8. The summed E-state index contributed by atoms with van der Waals surface area (Å²) >= 11 is 7.51. The van der Waals surface area contributed by atoms with Gasteiger partial charge >= 0.3 is 0 Å².